The Kier molecular flexibility index (Phi) is 3.71. The molecule has 2 nitrogen and oxygen atoms in total. The second-order valence-corrected chi connectivity index (χ2v) is 4.40. The van der Waals surface area contributed by atoms with E-state index in [0.29, 0.717) is 0 Å². The molecule has 2 heterocycles. The lowest BCUT2D eigenvalue weighted by Crippen LogP contribution is -3.00. The molecule has 0 amide bonds. The zero-order valence-corrected chi connectivity index (χ0v) is 12.5. The Balaban J connectivity index is 0.00000120. The summed E-state index contributed by atoms with van der Waals surface area (Å²) < 4.78 is 7.88. The molecule has 3 heteroatoms. The summed E-state index contributed by atoms with van der Waals surface area (Å²) in [6.07, 6.45) is 4.04. The third-order valence-corrected chi connectivity index (χ3v) is 2.94. The van der Waals surface area contributed by atoms with Gasteiger partial charge in [-0.15, -0.1) is 0 Å². The number of benzene rings is 1. The van der Waals surface area contributed by atoms with E-state index in [1.807, 2.05) is 24.0 Å². The Labute approximate surface area is 123 Å². The fourth-order valence-electron chi connectivity index (χ4n) is 1.95. The second kappa shape index (κ2) is 5.10. The van der Waals surface area contributed by atoms with Crippen LogP contribution in [-0.2, 0) is 7.05 Å². The van der Waals surface area contributed by atoms with Crippen LogP contribution in [0.5, 0.6) is 0 Å². The Morgan fingerprint density at radius 2 is 1.72 bits per heavy atom. The molecule has 0 radical (unpaired) electrons. The number of fused-ring (bicyclic) bond motifs is 1. The Bertz CT molecular complexity index is 671. The summed E-state index contributed by atoms with van der Waals surface area (Å²) in [6, 6.07) is 12.5. The highest BCUT2D eigenvalue weighted by molar-refractivity contribution is 5.83. The molecule has 3 aromatic rings. The van der Waals surface area contributed by atoms with E-state index in [0.717, 1.165) is 22.3 Å². The molecule has 0 N–H and O–H groups in total. The molecule has 0 bridgehead atoms. The van der Waals surface area contributed by atoms with Crippen LogP contribution in [0, 0.1) is 6.92 Å². The predicted octanol–water partition coefficient (Wildman–Crippen LogP) is 0.237. The summed E-state index contributed by atoms with van der Waals surface area (Å²) in [6.45, 7) is 2.07. The van der Waals surface area contributed by atoms with E-state index in [4.69, 9.17) is 4.42 Å². The van der Waals surface area contributed by atoms with Gasteiger partial charge >= 0.3 is 0 Å². The number of pyridine rings is 1. The molecule has 0 unspecified atom stereocenters. The van der Waals surface area contributed by atoms with Gasteiger partial charge in [-0.3, -0.25) is 0 Å². The fraction of sp³-hybridized carbons (Fsp3) is 0.133. The van der Waals surface area contributed by atoms with Crippen LogP contribution in [0.4, 0.5) is 0 Å². The predicted molar refractivity (Wildman–Crippen MR) is 67.6 cm³/mol. The third kappa shape index (κ3) is 2.41. The molecule has 0 spiro atoms. The number of aromatic nitrogens is 1. The van der Waals surface area contributed by atoms with Crippen molar-refractivity contribution in [2.45, 2.75) is 6.92 Å². The average Bonchev–Trinajstić information content (AvgIpc) is 2.72. The fourth-order valence-corrected chi connectivity index (χ4v) is 1.95. The molecule has 3 rings (SSSR count). The molecule has 1 aromatic carbocycles. The minimum absolute atomic E-state index is 0. The van der Waals surface area contributed by atoms with Crippen LogP contribution in [0.2, 0.25) is 0 Å². The van der Waals surface area contributed by atoms with Gasteiger partial charge in [0, 0.05) is 23.1 Å². The van der Waals surface area contributed by atoms with Gasteiger partial charge < -0.3 is 28.4 Å². The Morgan fingerprint density at radius 1 is 1.00 bits per heavy atom. The van der Waals surface area contributed by atoms with Crippen LogP contribution in [0.15, 0.2) is 53.2 Å². The molecule has 0 atom stereocenters. The highest BCUT2D eigenvalue weighted by Gasteiger charge is 2.07. The summed E-state index contributed by atoms with van der Waals surface area (Å²) in [4.78, 5) is 0. The number of rotatable bonds is 1. The maximum absolute atomic E-state index is 5.87. The number of halogens is 1. The molecule has 0 fully saturated rings. The van der Waals surface area contributed by atoms with Crippen molar-refractivity contribution in [2.75, 3.05) is 0 Å². The monoisotopic (exact) mass is 351 g/mol. The summed E-state index contributed by atoms with van der Waals surface area (Å²) in [5, 5.41) is 1.15. The lowest BCUT2D eigenvalue weighted by atomic mass is 10.1. The normalized spacial score (nSPS) is 10.3. The number of hydrogen-bond donors (Lipinski definition) is 0. The van der Waals surface area contributed by atoms with E-state index in [1.165, 1.54) is 5.56 Å². The number of aryl methyl sites for hydroxylation is 2. The van der Waals surface area contributed by atoms with Gasteiger partial charge in [-0.25, -0.2) is 4.57 Å². The van der Waals surface area contributed by atoms with Gasteiger partial charge in [-0.05, 0) is 24.6 Å². The first kappa shape index (κ1) is 13.1. The zero-order valence-electron chi connectivity index (χ0n) is 10.4. The van der Waals surface area contributed by atoms with Crippen molar-refractivity contribution in [1.29, 1.82) is 0 Å². The van der Waals surface area contributed by atoms with Crippen LogP contribution in [-0.4, -0.2) is 0 Å². The van der Waals surface area contributed by atoms with Gasteiger partial charge in [-0.1, -0.05) is 12.1 Å². The van der Waals surface area contributed by atoms with E-state index in [9.17, 15) is 0 Å². The van der Waals surface area contributed by atoms with Gasteiger partial charge in [0.2, 0.25) is 0 Å². The van der Waals surface area contributed by atoms with Crippen LogP contribution < -0.4 is 28.5 Å². The van der Waals surface area contributed by atoms with Gasteiger partial charge in [0.1, 0.15) is 18.4 Å². The molecule has 2 aromatic heterocycles. The largest absolute Gasteiger partial charge is 1.00 e. The van der Waals surface area contributed by atoms with E-state index in [1.54, 1.807) is 0 Å². The van der Waals surface area contributed by atoms with Crippen LogP contribution in [0.3, 0.4) is 0 Å². The third-order valence-electron chi connectivity index (χ3n) is 2.94. The molecular formula is C15H14INO. The minimum atomic E-state index is 0. The number of furan rings is 1. The molecular weight excluding hydrogens is 337 g/mol. The van der Waals surface area contributed by atoms with E-state index in [-0.39, 0.29) is 24.0 Å². The first-order valence-corrected chi connectivity index (χ1v) is 5.68. The van der Waals surface area contributed by atoms with E-state index < -0.39 is 0 Å². The van der Waals surface area contributed by atoms with Crippen LogP contribution in [0.1, 0.15) is 5.56 Å². The molecule has 0 aliphatic carbocycles. The molecule has 18 heavy (non-hydrogen) atoms. The summed E-state index contributed by atoms with van der Waals surface area (Å²) in [7, 11) is 2.01. The summed E-state index contributed by atoms with van der Waals surface area (Å²) in [5.41, 5.74) is 3.28. The average molecular weight is 351 g/mol. The van der Waals surface area contributed by atoms with E-state index >= 15 is 0 Å². The Hall–Kier alpha value is -1.36. The van der Waals surface area contributed by atoms with E-state index in [2.05, 4.69) is 43.3 Å². The first-order valence-electron chi connectivity index (χ1n) is 5.68. The lowest BCUT2D eigenvalue weighted by Gasteiger charge is -1.93. The van der Waals surface area contributed by atoms with Crippen molar-refractivity contribution in [3.05, 3.63) is 54.4 Å². The summed E-state index contributed by atoms with van der Waals surface area (Å²) >= 11 is 0. The van der Waals surface area contributed by atoms with Crippen molar-refractivity contribution >= 4 is 11.0 Å². The van der Waals surface area contributed by atoms with Gasteiger partial charge in [0.15, 0.2) is 12.4 Å². The Morgan fingerprint density at radius 3 is 2.44 bits per heavy atom. The number of hydrogen-bond acceptors (Lipinski definition) is 1. The second-order valence-electron chi connectivity index (χ2n) is 4.40. The highest BCUT2D eigenvalue weighted by Crippen LogP contribution is 2.27. The maximum Gasteiger partial charge on any atom is 0.169 e. The first-order chi connectivity index (χ1) is 8.22. The number of nitrogens with zero attached hydrogens (tertiary/aromatic N) is 1. The van der Waals surface area contributed by atoms with Crippen LogP contribution >= 0.6 is 0 Å². The van der Waals surface area contributed by atoms with Crippen LogP contribution in [0.25, 0.3) is 22.3 Å². The van der Waals surface area contributed by atoms with Gasteiger partial charge in [0.25, 0.3) is 0 Å². The smallest absolute Gasteiger partial charge is 0.169 e. The van der Waals surface area contributed by atoms with Crippen molar-refractivity contribution in [3.8, 4) is 11.3 Å². The molecule has 92 valence electrons. The summed E-state index contributed by atoms with van der Waals surface area (Å²) in [5.74, 6) is 0.922. The van der Waals surface area contributed by atoms with Crippen molar-refractivity contribution < 1.29 is 33.0 Å². The quantitative estimate of drug-likeness (QED) is 0.454. The van der Waals surface area contributed by atoms with Gasteiger partial charge in [-0.2, -0.15) is 0 Å². The van der Waals surface area contributed by atoms with Crippen molar-refractivity contribution in [2.24, 2.45) is 7.05 Å². The SMILES string of the molecule is Cc1ccc2cc(-c3cc[n+](C)cc3)oc2c1.[I-]. The molecule has 0 saturated heterocycles. The van der Waals surface area contributed by atoms with Crippen molar-refractivity contribution in [1.82, 2.24) is 0 Å². The van der Waals surface area contributed by atoms with Gasteiger partial charge in [0.05, 0.1) is 0 Å². The molecule has 0 aliphatic rings. The highest BCUT2D eigenvalue weighted by atomic mass is 127. The topological polar surface area (TPSA) is 17.0 Å². The van der Waals surface area contributed by atoms with Crippen molar-refractivity contribution in [3.63, 3.8) is 0 Å². The standard InChI is InChI=1S/C15H14NO.HI/c1-11-3-4-13-10-15(17-14(13)9-11)12-5-7-16(2)8-6-12;/h3-10H,1-2H3;1H/q+1;/p-1. The minimum Gasteiger partial charge on any atom is -1.00 e. The maximum atomic E-state index is 5.87. The molecule has 0 saturated carbocycles. The zero-order chi connectivity index (χ0) is 11.8. The molecule has 0 aliphatic heterocycles. The lowest BCUT2D eigenvalue weighted by molar-refractivity contribution is -0.671.